The van der Waals surface area contributed by atoms with Gasteiger partial charge in [0.1, 0.15) is 23.0 Å². The van der Waals surface area contributed by atoms with Gasteiger partial charge in [0.25, 0.3) is 0 Å². The van der Waals surface area contributed by atoms with Crippen molar-refractivity contribution in [1.29, 1.82) is 0 Å². The molecule has 1 atom stereocenters. The first-order chi connectivity index (χ1) is 18.5. The lowest BCUT2D eigenvalue weighted by atomic mass is 9.96. The van der Waals surface area contributed by atoms with Crippen LogP contribution in [0.4, 0.5) is 13.2 Å². The number of hydrogen-bond donors (Lipinski definition) is 1. The van der Waals surface area contributed by atoms with Crippen LogP contribution >= 0.6 is 0 Å². The van der Waals surface area contributed by atoms with Gasteiger partial charge in [-0.15, -0.1) is 13.2 Å². The number of carboxylic acids is 1. The van der Waals surface area contributed by atoms with Crippen LogP contribution in [0.15, 0.2) is 83.3 Å². The average Bonchev–Trinajstić information content (AvgIpc) is 3.26. The Labute approximate surface area is 222 Å². The van der Waals surface area contributed by atoms with Gasteiger partial charge in [-0.1, -0.05) is 30.3 Å². The number of rotatable bonds is 11. The SMILES string of the molecule is Cc1oc(-c2ccccc2)nc1CCOc1ccc(CC(C)(Oc2ccc(OC(F)(F)F)cc2)C(=O)O)cc1. The predicted octanol–water partition coefficient (Wildman–Crippen LogP) is 6.63. The second kappa shape index (κ2) is 11.5. The van der Waals surface area contributed by atoms with Crippen molar-refractivity contribution in [3.05, 3.63) is 95.9 Å². The van der Waals surface area contributed by atoms with Crippen LogP contribution in [0.2, 0.25) is 0 Å². The summed E-state index contributed by atoms with van der Waals surface area (Å²) >= 11 is 0. The van der Waals surface area contributed by atoms with Gasteiger partial charge >= 0.3 is 12.3 Å². The maximum Gasteiger partial charge on any atom is 0.573 e. The van der Waals surface area contributed by atoms with E-state index in [0.29, 0.717) is 30.2 Å². The summed E-state index contributed by atoms with van der Waals surface area (Å²) in [7, 11) is 0. The van der Waals surface area contributed by atoms with Crippen LogP contribution in [0.5, 0.6) is 17.2 Å². The van der Waals surface area contributed by atoms with Crippen molar-refractivity contribution in [1.82, 2.24) is 4.98 Å². The number of hydrogen-bond acceptors (Lipinski definition) is 6. The molecular weight excluding hydrogens is 515 g/mol. The van der Waals surface area contributed by atoms with Gasteiger partial charge in [-0.2, -0.15) is 0 Å². The zero-order valence-electron chi connectivity index (χ0n) is 21.2. The van der Waals surface area contributed by atoms with E-state index in [1.54, 1.807) is 24.3 Å². The summed E-state index contributed by atoms with van der Waals surface area (Å²) in [6.45, 7) is 3.62. The first kappa shape index (κ1) is 27.6. The molecule has 0 amide bonds. The number of aromatic nitrogens is 1. The van der Waals surface area contributed by atoms with Crippen molar-refractivity contribution >= 4 is 5.97 Å². The summed E-state index contributed by atoms with van der Waals surface area (Å²) in [5, 5.41) is 9.80. The minimum absolute atomic E-state index is 0.00378. The molecule has 204 valence electrons. The minimum Gasteiger partial charge on any atom is -0.493 e. The molecule has 0 fully saturated rings. The highest BCUT2D eigenvalue weighted by Crippen LogP contribution is 2.28. The number of ether oxygens (including phenoxy) is 3. The van der Waals surface area contributed by atoms with Crippen LogP contribution in [0.25, 0.3) is 11.5 Å². The number of carboxylic acid groups (broad SMARTS) is 1. The molecule has 4 aromatic rings. The van der Waals surface area contributed by atoms with E-state index >= 15 is 0 Å². The number of aliphatic carboxylic acids is 1. The van der Waals surface area contributed by atoms with E-state index in [0.717, 1.165) is 29.2 Å². The molecule has 0 aliphatic rings. The van der Waals surface area contributed by atoms with E-state index in [-0.39, 0.29) is 12.2 Å². The van der Waals surface area contributed by atoms with Crippen LogP contribution in [0.1, 0.15) is 23.9 Å². The second-order valence-electron chi connectivity index (χ2n) is 8.96. The molecule has 3 aromatic carbocycles. The smallest absolute Gasteiger partial charge is 0.493 e. The third-order valence-corrected chi connectivity index (χ3v) is 5.84. The van der Waals surface area contributed by atoms with Crippen LogP contribution < -0.4 is 14.2 Å². The third kappa shape index (κ3) is 7.53. The first-order valence-electron chi connectivity index (χ1n) is 12.0. The van der Waals surface area contributed by atoms with Crippen molar-refractivity contribution in [3.63, 3.8) is 0 Å². The number of nitrogens with zero attached hydrogens (tertiary/aromatic N) is 1. The molecule has 39 heavy (non-hydrogen) atoms. The Hall–Kier alpha value is -4.47. The molecule has 4 rings (SSSR count). The minimum atomic E-state index is -4.82. The first-order valence-corrected chi connectivity index (χ1v) is 12.0. The Balaban J connectivity index is 1.33. The molecule has 0 radical (unpaired) electrons. The Bertz CT molecular complexity index is 1390. The van der Waals surface area contributed by atoms with Crippen LogP contribution in [0, 0.1) is 6.92 Å². The summed E-state index contributed by atoms with van der Waals surface area (Å²) in [4.78, 5) is 16.6. The highest BCUT2D eigenvalue weighted by molar-refractivity contribution is 5.78. The molecule has 0 spiro atoms. The van der Waals surface area contributed by atoms with Gasteiger partial charge in [-0.25, -0.2) is 9.78 Å². The number of carbonyl (C=O) groups is 1. The fourth-order valence-corrected chi connectivity index (χ4v) is 3.85. The second-order valence-corrected chi connectivity index (χ2v) is 8.96. The normalized spacial score (nSPS) is 12.9. The van der Waals surface area contributed by atoms with Gasteiger partial charge in [-0.05, 0) is 67.9 Å². The number of alkyl halides is 3. The van der Waals surface area contributed by atoms with Crippen LogP contribution in [0.3, 0.4) is 0 Å². The van der Waals surface area contributed by atoms with E-state index < -0.39 is 23.7 Å². The lowest BCUT2D eigenvalue weighted by Gasteiger charge is -2.26. The van der Waals surface area contributed by atoms with E-state index in [4.69, 9.17) is 13.9 Å². The van der Waals surface area contributed by atoms with Gasteiger partial charge in [0.15, 0.2) is 0 Å². The molecule has 7 nitrogen and oxygen atoms in total. The molecule has 1 unspecified atom stereocenters. The zero-order valence-corrected chi connectivity index (χ0v) is 21.2. The quantitative estimate of drug-likeness (QED) is 0.228. The van der Waals surface area contributed by atoms with Crippen molar-refractivity contribution in [3.8, 4) is 28.7 Å². The predicted molar refractivity (Wildman–Crippen MR) is 136 cm³/mol. The molecule has 1 N–H and O–H groups in total. The van der Waals surface area contributed by atoms with E-state index in [2.05, 4.69) is 9.72 Å². The number of aryl methyl sites for hydroxylation is 1. The third-order valence-electron chi connectivity index (χ3n) is 5.84. The number of halogens is 3. The van der Waals surface area contributed by atoms with Gasteiger partial charge < -0.3 is 23.7 Å². The summed E-state index contributed by atoms with van der Waals surface area (Å²) in [5.74, 6) is 0.313. The molecule has 1 aromatic heterocycles. The summed E-state index contributed by atoms with van der Waals surface area (Å²) in [5.41, 5.74) is 0.700. The number of oxazole rings is 1. The van der Waals surface area contributed by atoms with E-state index in [1.807, 2.05) is 37.3 Å². The largest absolute Gasteiger partial charge is 0.573 e. The molecular formula is C29H26F3NO6. The maximum absolute atomic E-state index is 12.4. The van der Waals surface area contributed by atoms with Crippen molar-refractivity contribution < 1.29 is 41.7 Å². The molecule has 10 heteroatoms. The van der Waals surface area contributed by atoms with E-state index in [9.17, 15) is 23.1 Å². The highest BCUT2D eigenvalue weighted by atomic mass is 19.4. The fraction of sp³-hybridized carbons (Fsp3) is 0.241. The van der Waals surface area contributed by atoms with Crippen molar-refractivity contribution in [2.45, 2.75) is 38.7 Å². The van der Waals surface area contributed by atoms with Gasteiger partial charge in [-0.3, -0.25) is 0 Å². The van der Waals surface area contributed by atoms with Crippen molar-refractivity contribution in [2.75, 3.05) is 6.61 Å². The lowest BCUT2D eigenvalue weighted by molar-refractivity contribution is -0.274. The fourth-order valence-electron chi connectivity index (χ4n) is 3.85. The van der Waals surface area contributed by atoms with Crippen LogP contribution in [-0.2, 0) is 17.6 Å². The monoisotopic (exact) mass is 541 g/mol. The highest BCUT2D eigenvalue weighted by Gasteiger charge is 2.36. The Kier molecular flexibility index (Phi) is 8.13. The molecule has 0 aliphatic heterocycles. The Morgan fingerprint density at radius 3 is 2.08 bits per heavy atom. The summed E-state index contributed by atoms with van der Waals surface area (Å²) in [6.07, 6.45) is -4.28. The standard InChI is InChI=1S/C29H26F3NO6/c1-19-25(33-26(37-19)21-6-4-3-5-7-21)16-17-36-22-10-8-20(9-11-22)18-28(2,27(34)35)38-23-12-14-24(15-13-23)39-29(30,31)32/h3-15H,16-18H2,1-2H3,(H,34,35). The lowest BCUT2D eigenvalue weighted by Crippen LogP contribution is -2.43. The van der Waals surface area contributed by atoms with Gasteiger partial charge in [0.05, 0.1) is 12.3 Å². The molecule has 0 saturated carbocycles. The molecule has 0 aliphatic carbocycles. The van der Waals surface area contributed by atoms with Gasteiger partial charge in [0, 0.05) is 18.4 Å². The molecule has 1 heterocycles. The Morgan fingerprint density at radius 1 is 0.897 bits per heavy atom. The van der Waals surface area contributed by atoms with Crippen molar-refractivity contribution in [2.24, 2.45) is 0 Å². The Morgan fingerprint density at radius 2 is 1.49 bits per heavy atom. The average molecular weight is 542 g/mol. The maximum atomic E-state index is 12.4. The summed E-state index contributed by atoms with van der Waals surface area (Å²) < 4.78 is 58.2. The molecule has 0 bridgehead atoms. The number of benzene rings is 3. The topological polar surface area (TPSA) is 91.0 Å². The molecule has 0 saturated heterocycles. The van der Waals surface area contributed by atoms with E-state index in [1.165, 1.54) is 19.1 Å². The van der Waals surface area contributed by atoms with Crippen LogP contribution in [-0.4, -0.2) is 34.6 Å². The van der Waals surface area contributed by atoms with Gasteiger partial charge in [0.2, 0.25) is 11.5 Å². The zero-order chi connectivity index (χ0) is 28.0. The summed E-state index contributed by atoms with van der Waals surface area (Å²) in [6, 6.07) is 21.1.